The van der Waals surface area contributed by atoms with E-state index in [-0.39, 0.29) is 5.78 Å². The maximum absolute atomic E-state index is 12.1. The van der Waals surface area contributed by atoms with Crippen molar-refractivity contribution in [3.8, 4) is 5.75 Å². The summed E-state index contributed by atoms with van der Waals surface area (Å²) in [7, 11) is 1.62. The van der Waals surface area contributed by atoms with E-state index in [0.29, 0.717) is 6.42 Å². The highest BCUT2D eigenvalue weighted by molar-refractivity contribution is 9.10. The summed E-state index contributed by atoms with van der Waals surface area (Å²) in [6.07, 6.45) is 0.363. The van der Waals surface area contributed by atoms with Crippen LogP contribution in [0.25, 0.3) is 0 Å². The van der Waals surface area contributed by atoms with E-state index in [1.54, 1.807) is 7.11 Å². The van der Waals surface area contributed by atoms with Crippen LogP contribution in [0.2, 0.25) is 0 Å². The molecule has 2 aromatic carbocycles. The molecule has 0 aliphatic carbocycles. The zero-order chi connectivity index (χ0) is 13.0. The SMILES string of the molecule is COc1ccc(Br)c(CC(=O)c2ccccc2)c1. The van der Waals surface area contributed by atoms with Crippen LogP contribution in [0.3, 0.4) is 0 Å². The third-order valence-electron chi connectivity index (χ3n) is 2.70. The van der Waals surface area contributed by atoms with Gasteiger partial charge < -0.3 is 4.74 Å². The lowest BCUT2D eigenvalue weighted by molar-refractivity contribution is 0.0993. The Bertz CT molecular complexity index is 550. The zero-order valence-electron chi connectivity index (χ0n) is 10.0. The molecule has 18 heavy (non-hydrogen) atoms. The minimum absolute atomic E-state index is 0.101. The van der Waals surface area contributed by atoms with Gasteiger partial charge in [-0.1, -0.05) is 46.3 Å². The summed E-state index contributed by atoms with van der Waals surface area (Å²) < 4.78 is 6.09. The fourth-order valence-corrected chi connectivity index (χ4v) is 2.10. The van der Waals surface area contributed by atoms with Crippen molar-refractivity contribution in [3.63, 3.8) is 0 Å². The second kappa shape index (κ2) is 5.83. The number of carbonyl (C=O) groups is 1. The standard InChI is InChI=1S/C15H13BrO2/c1-18-13-7-8-14(16)12(9-13)10-15(17)11-5-3-2-4-6-11/h2-9H,10H2,1H3. The Balaban J connectivity index is 2.21. The molecule has 0 heterocycles. The van der Waals surface area contributed by atoms with Crippen LogP contribution < -0.4 is 4.74 Å². The van der Waals surface area contributed by atoms with Crippen LogP contribution in [0.15, 0.2) is 53.0 Å². The molecule has 0 aromatic heterocycles. The first-order valence-electron chi connectivity index (χ1n) is 5.61. The van der Waals surface area contributed by atoms with E-state index in [1.807, 2.05) is 48.5 Å². The summed E-state index contributed by atoms with van der Waals surface area (Å²) in [4.78, 5) is 12.1. The van der Waals surface area contributed by atoms with E-state index >= 15 is 0 Å². The largest absolute Gasteiger partial charge is 0.497 e. The third kappa shape index (κ3) is 2.99. The molecule has 0 fully saturated rings. The van der Waals surface area contributed by atoms with Gasteiger partial charge in [-0.25, -0.2) is 0 Å². The third-order valence-corrected chi connectivity index (χ3v) is 3.47. The first-order chi connectivity index (χ1) is 8.70. The second-order valence-electron chi connectivity index (χ2n) is 3.92. The molecule has 0 bridgehead atoms. The molecular weight excluding hydrogens is 292 g/mol. The molecule has 2 nitrogen and oxygen atoms in total. The van der Waals surface area contributed by atoms with Crippen LogP contribution in [0.5, 0.6) is 5.75 Å². The molecule has 0 saturated carbocycles. The van der Waals surface area contributed by atoms with Crippen molar-refractivity contribution in [1.82, 2.24) is 0 Å². The average molecular weight is 305 g/mol. The van der Waals surface area contributed by atoms with Gasteiger partial charge in [0.1, 0.15) is 5.75 Å². The van der Waals surface area contributed by atoms with E-state index in [2.05, 4.69) is 15.9 Å². The smallest absolute Gasteiger partial charge is 0.167 e. The fourth-order valence-electron chi connectivity index (χ4n) is 1.71. The highest BCUT2D eigenvalue weighted by atomic mass is 79.9. The normalized spacial score (nSPS) is 10.1. The van der Waals surface area contributed by atoms with Crippen molar-refractivity contribution in [2.75, 3.05) is 7.11 Å². The molecule has 0 amide bonds. The van der Waals surface area contributed by atoms with Crippen molar-refractivity contribution in [2.24, 2.45) is 0 Å². The Morgan fingerprint density at radius 3 is 2.56 bits per heavy atom. The average Bonchev–Trinajstić information content (AvgIpc) is 2.42. The molecule has 0 aliphatic rings. The fraction of sp³-hybridized carbons (Fsp3) is 0.133. The number of halogens is 1. The highest BCUT2D eigenvalue weighted by Gasteiger charge is 2.10. The van der Waals surface area contributed by atoms with Crippen molar-refractivity contribution in [3.05, 3.63) is 64.1 Å². The van der Waals surface area contributed by atoms with Crippen LogP contribution in [-0.4, -0.2) is 12.9 Å². The number of ketones is 1. The molecule has 0 unspecified atom stereocenters. The predicted octanol–water partition coefficient (Wildman–Crippen LogP) is 3.88. The number of hydrogen-bond donors (Lipinski definition) is 0. The first kappa shape index (κ1) is 12.8. The minimum Gasteiger partial charge on any atom is -0.497 e. The molecule has 2 rings (SSSR count). The number of hydrogen-bond acceptors (Lipinski definition) is 2. The lowest BCUT2D eigenvalue weighted by Crippen LogP contribution is -2.04. The van der Waals surface area contributed by atoms with E-state index in [4.69, 9.17) is 4.74 Å². The molecule has 0 spiro atoms. The van der Waals surface area contributed by atoms with Gasteiger partial charge in [-0.15, -0.1) is 0 Å². The van der Waals surface area contributed by atoms with Crippen molar-refractivity contribution in [1.29, 1.82) is 0 Å². The zero-order valence-corrected chi connectivity index (χ0v) is 11.6. The van der Waals surface area contributed by atoms with Gasteiger partial charge in [0.05, 0.1) is 7.11 Å². The maximum atomic E-state index is 12.1. The predicted molar refractivity (Wildman–Crippen MR) is 75.2 cm³/mol. The molecule has 0 aliphatic heterocycles. The summed E-state index contributed by atoms with van der Waals surface area (Å²) in [5, 5.41) is 0. The Morgan fingerprint density at radius 2 is 1.89 bits per heavy atom. The van der Waals surface area contributed by atoms with Gasteiger partial charge in [-0.2, -0.15) is 0 Å². The van der Waals surface area contributed by atoms with Gasteiger partial charge >= 0.3 is 0 Å². The number of methoxy groups -OCH3 is 1. The van der Waals surface area contributed by atoms with Gasteiger partial charge in [0.25, 0.3) is 0 Å². The summed E-state index contributed by atoms with van der Waals surface area (Å²) in [6, 6.07) is 14.9. The summed E-state index contributed by atoms with van der Waals surface area (Å²) in [6.45, 7) is 0. The number of rotatable bonds is 4. The second-order valence-corrected chi connectivity index (χ2v) is 4.78. The molecule has 0 N–H and O–H groups in total. The van der Waals surface area contributed by atoms with Crippen LogP contribution in [0.1, 0.15) is 15.9 Å². The van der Waals surface area contributed by atoms with Gasteiger partial charge in [0, 0.05) is 16.5 Å². The Hall–Kier alpha value is -1.61. The maximum Gasteiger partial charge on any atom is 0.167 e. The molecule has 0 atom stereocenters. The monoisotopic (exact) mass is 304 g/mol. The quantitative estimate of drug-likeness (QED) is 0.801. The van der Waals surface area contributed by atoms with E-state index in [1.165, 1.54) is 0 Å². The molecule has 2 aromatic rings. The number of benzene rings is 2. The molecule has 92 valence electrons. The number of carbonyl (C=O) groups excluding carboxylic acids is 1. The van der Waals surface area contributed by atoms with Crippen LogP contribution in [-0.2, 0) is 6.42 Å². The Kier molecular flexibility index (Phi) is 4.15. The van der Waals surface area contributed by atoms with E-state index in [9.17, 15) is 4.79 Å². The molecular formula is C15H13BrO2. The van der Waals surface area contributed by atoms with Crippen LogP contribution >= 0.6 is 15.9 Å². The van der Waals surface area contributed by atoms with Gasteiger partial charge in [0.15, 0.2) is 5.78 Å². The highest BCUT2D eigenvalue weighted by Crippen LogP contribution is 2.23. The molecule has 3 heteroatoms. The van der Waals surface area contributed by atoms with Crippen molar-refractivity contribution >= 4 is 21.7 Å². The van der Waals surface area contributed by atoms with Crippen LogP contribution in [0, 0.1) is 0 Å². The lowest BCUT2D eigenvalue weighted by atomic mass is 10.0. The van der Waals surface area contributed by atoms with Crippen LogP contribution in [0.4, 0.5) is 0 Å². The Labute approximate surface area is 115 Å². The number of ether oxygens (including phenoxy) is 1. The van der Waals surface area contributed by atoms with Gasteiger partial charge in [0.2, 0.25) is 0 Å². The van der Waals surface area contributed by atoms with Gasteiger partial charge in [-0.3, -0.25) is 4.79 Å². The van der Waals surface area contributed by atoms with Gasteiger partial charge in [-0.05, 0) is 23.8 Å². The van der Waals surface area contributed by atoms with E-state index < -0.39 is 0 Å². The molecule has 0 radical (unpaired) electrons. The van der Waals surface area contributed by atoms with Crippen molar-refractivity contribution < 1.29 is 9.53 Å². The van der Waals surface area contributed by atoms with Crippen molar-refractivity contribution in [2.45, 2.75) is 6.42 Å². The lowest BCUT2D eigenvalue weighted by Gasteiger charge is -2.07. The molecule has 0 saturated heterocycles. The Morgan fingerprint density at radius 1 is 1.17 bits per heavy atom. The van der Waals surface area contributed by atoms with E-state index in [0.717, 1.165) is 21.3 Å². The summed E-state index contributed by atoms with van der Waals surface area (Å²) in [5.74, 6) is 0.860. The number of Topliss-reactive ketones (excluding diaryl/α,β-unsaturated/α-hetero) is 1. The summed E-state index contributed by atoms with van der Waals surface area (Å²) >= 11 is 3.45. The minimum atomic E-state index is 0.101. The first-order valence-corrected chi connectivity index (χ1v) is 6.40. The topological polar surface area (TPSA) is 26.3 Å². The summed E-state index contributed by atoms with van der Waals surface area (Å²) in [5.41, 5.74) is 1.66.